The highest BCUT2D eigenvalue weighted by atomic mass is 32.2. The zero-order chi connectivity index (χ0) is 52.9. The largest absolute Gasteiger partial charge is 0.514 e. The van der Waals surface area contributed by atoms with Crippen molar-refractivity contribution in [3.05, 3.63) is 62.7 Å². The monoisotopic (exact) mass is 1030 g/mol. The minimum atomic E-state index is -1.54. The summed E-state index contributed by atoms with van der Waals surface area (Å²) in [6.45, 7) is 19.2. The molecular weight excluding hydrogens is 965 g/mol. The fourth-order valence-electron chi connectivity index (χ4n) is 11.3. The van der Waals surface area contributed by atoms with Crippen LogP contribution in [0.4, 0.5) is 14.4 Å². The molecule has 0 amide bonds. The highest BCUT2D eigenvalue weighted by Gasteiger charge is 2.62. The second kappa shape index (κ2) is 18.7. The Kier molecular flexibility index (Phi) is 13.2. The van der Waals surface area contributed by atoms with Crippen molar-refractivity contribution < 1.29 is 71.3 Å². The van der Waals surface area contributed by atoms with E-state index in [4.69, 9.17) is 52.1 Å². The Morgan fingerprint density at radius 1 is 0.781 bits per heavy atom. The molecule has 1 unspecified atom stereocenters. The van der Waals surface area contributed by atoms with Crippen molar-refractivity contribution in [1.82, 2.24) is 15.1 Å². The van der Waals surface area contributed by atoms with Gasteiger partial charge >= 0.3 is 24.4 Å². The Balaban J connectivity index is 1.29. The summed E-state index contributed by atoms with van der Waals surface area (Å²) in [5, 5.41) is 14.3. The third-order valence-corrected chi connectivity index (χ3v) is 15.4. The van der Waals surface area contributed by atoms with Crippen molar-refractivity contribution in [1.29, 1.82) is 5.26 Å². The van der Waals surface area contributed by atoms with E-state index in [1.54, 1.807) is 81.4 Å². The molecule has 0 saturated carbocycles. The van der Waals surface area contributed by atoms with Crippen LogP contribution in [0, 0.1) is 25.2 Å². The van der Waals surface area contributed by atoms with E-state index in [9.17, 15) is 19.6 Å². The number of nitrogens with one attached hydrogen (secondary N) is 1. The van der Waals surface area contributed by atoms with Crippen LogP contribution >= 0.6 is 11.8 Å². The zero-order valence-electron chi connectivity index (χ0n) is 43.8. The second-order valence-electron chi connectivity index (χ2n) is 22.2. The molecule has 73 heavy (non-hydrogen) atoms. The van der Waals surface area contributed by atoms with E-state index < -0.39 is 82.2 Å². The molecule has 7 aliphatic rings. The summed E-state index contributed by atoms with van der Waals surface area (Å²) in [5.74, 6) is 1.08. The maximum atomic E-state index is 15.3. The Morgan fingerprint density at radius 3 is 2.03 bits per heavy atom. The summed E-state index contributed by atoms with van der Waals surface area (Å²) in [6.07, 6.45) is -1.99. The number of carbonyl (C=O) groups is 4. The molecule has 7 atom stereocenters. The minimum Gasteiger partial charge on any atom is -0.493 e. The number of rotatable bonds is 5. The molecule has 0 radical (unpaired) electrons. The molecule has 2 saturated heterocycles. The highest BCUT2D eigenvalue weighted by Crippen LogP contribution is 2.65. The van der Waals surface area contributed by atoms with Gasteiger partial charge in [-0.1, -0.05) is 6.07 Å². The van der Waals surface area contributed by atoms with E-state index in [1.807, 2.05) is 20.0 Å². The van der Waals surface area contributed by atoms with Crippen molar-refractivity contribution in [2.45, 2.75) is 147 Å². The molecule has 1 N–H and O–H groups in total. The van der Waals surface area contributed by atoms with Crippen LogP contribution in [0.15, 0.2) is 18.2 Å². The van der Waals surface area contributed by atoms with Crippen LogP contribution < -0.4 is 38.5 Å². The number of carbonyl (C=O) groups excluding carboxylic acids is 4. The number of fused-ring (bicyclic) bond motifs is 9. The molecule has 7 aliphatic heterocycles. The average molecular weight is 1030 g/mol. The molecule has 20 heteroatoms. The van der Waals surface area contributed by atoms with Gasteiger partial charge in [0.15, 0.2) is 40.0 Å². The molecule has 0 aliphatic carbocycles. The zero-order valence-corrected chi connectivity index (χ0v) is 44.6. The Morgan fingerprint density at radius 2 is 1.41 bits per heavy atom. The smallest absolute Gasteiger partial charge is 0.493 e. The number of ether oxygens (including phenoxy) is 11. The molecule has 4 bridgehead atoms. The molecule has 10 rings (SSSR count). The number of piperazine rings is 1. The fraction of sp³-hybridized carbons (Fsp3) is 0.566. The summed E-state index contributed by atoms with van der Waals surface area (Å²) in [5.41, 5.74) is 0.809. The van der Waals surface area contributed by atoms with E-state index in [1.165, 1.54) is 26.0 Å². The van der Waals surface area contributed by atoms with Crippen LogP contribution in [0.5, 0.6) is 40.2 Å². The van der Waals surface area contributed by atoms with Crippen molar-refractivity contribution in [3.8, 4) is 46.3 Å². The summed E-state index contributed by atoms with van der Waals surface area (Å²) >= 11 is 1.40. The first-order valence-corrected chi connectivity index (χ1v) is 25.4. The molecule has 2 fully saturated rings. The maximum Gasteiger partial charge on any atom is 0.514 e. The van der Waals surface area contributed by atoms with Gasteiger partial charge in [0.05, 0.1) is 37.6 Å². The van der Waals surface area contributed by atoms with Gasteiger partial charge in [-0.05, 0) is 130 Å². The molecule has 392 valence electrons. The van der Waals surface area contributed by atoms with Crippen molar-refractivity contribution in [2.75, 3.05) is 47.0 Å². The van der Waals surface area contributed by atoms with Crippen LogP contribution in [0.2, 0.25) is 0 Å². The van der Waals surface area contributed by atoms with Crippen molar-refractivity contribution in [3.63, 3.8) is 0 Å². The van der Waals surface area contributed by atoms with Crippen LogP contribution in [-0.4, -0.2) is 116 Å². The number of nitrogens with zero attached hydrogens (tertiary/aromatic N) is 3. The third kappa shape index (κ3) is 9.20. The normalized spacial score (nSPS) is 25.1. The number of nitriles is 1. The van der Waals surface area contributed by atoms with Gasteiger partial charge in [-0.3, -0.25) is 15.1 Å². The van der Waals surface area contributed by atoms with E-state index >= 15 is 4.79 Å². The van der Waals surface area contributed by atoms with E-state index in [-0.39, 0.29) is 42.2 Å². The summed E-state index contributed by atoms with van der Waals surface area (Å²) in [7, 11) is 4.90. The van der Waals surface area contributed by atoms with E-state index in [0.29, 0.717) is 75.6 Å². The van der Waals surface area contributed by atoms with Gasteiger partial charge < -0.3 is 52.1 Å². The van der Waals surface area contributed by atoms with Crippen LogP contribution in [0.1, 0.15) is 124 Å². The minimum absolute atomic E-state index is 0.00909. The SMILES string of the molecule is COc1cc2c(cc1OC(=O)OC(C)(C)C)CCN[C@]21CS[C@@H]2c3c(OC(=O)OC(C)(C)C)c(C)c4c(c3[C@H](COC1=O)N1C2[C@H]2c3c(cc(C)c(OC)c3OC(=O)OC(C)(C)C)C[C@@H]([C@@H]1C#N)N2C)OCO4. The number of benzene rings is 3. The van der Waals surface area contributed by atoms with Crippen molar-refractivity contribution >= 4 is 36.2 Å². The lowest BCUT2D eigenvalue weighted by atomic mass is 9.71. The summed E-state index contributed by atoms with van der Waals surface area (Å²) < 4.78 is 66.4. The molecule has 19 nitrogen and oxygen atoms in total. The Bertz CT molecular complexity index is 2830. The number of likely N-dealkylation sites (N-methyl/N-ethyl adjacent to an activating group) is 1. The van der Waals surface area contributed by atoms with Gasteiger partial charge in [-0.25, -0.2) is 19.2 Å². The molecule has 3 aromatic rings. The lowest BCUT2D eigenvalue weighted by Gasteiger charge is -2.62. The number of esters is 1. The molecule has 7 heterocycles. The summed E-state index contributed by atoms with van der Waals surface area (Å²) in [6, 6.07) is 4.50. The number of hydrogen-bond donors (Lipinski definition) is 1. The number of hydrogen-bond acceptors (Lipinski definition) is 20. The van der Waals surface area contributed by atoms with Gasteiger partial charge in [-0.2, -0.15) is 5.26 Å². The van der Waals surface area contributed by atoms with Crippen LogP contribution in [0.25, 0.3) is 0 Å². The predicted molar refractivity (Wildman–Crippen MR) is 264 cm³/mol. The predicted octanol–water partition coefficient (Wildman–Crippen LogP) is 8.59. The van der Waals surface area contributed by atoms with Gasteiger partial charge in [0, 0.05) is 46.6 Å². The molecule has 1 spiro atoms. The van der Waals surface area contributed by atoms with Gasteiger partial charge in [0.25, 0.3) is 0 Å². The van der Waals surface area contributed by atoms with Crippen LogP contribution in [-0.2, 0) is 42.1 Å². The maximum absolute atomic E-state index is 15.3. The second-order valence-corrected chi connectivity index (χ2v) is 23.3. The van der Waals surface area contributed by atoms with Gasteiger partial charge in [-0.15, -0.1) is 11.8 Å². The topological polar surface area (TPSA) is 212 Å². The lowest BCUT2D eigenvalue weighted by Crippen LogP contribution is -2.69. The van der Waals surface area contributed by atoms with Crippen LogP contribution in [0.3, 0.4) is 0 Å². The highest BCUT2D eigenvalue weighted by molar-refractivity contribution is 7.99. The van der Waals surface area contributed by atoms with Gasteiger partial charge in [0.2, 0.25) is 6.79 Å². The van der Waals surface area contributed by atoms with Crippen molar-refractivity contribution in [2.24, 2.45) is 0 Å². The Hall–Kier alpha value is -6.14. The number of methoxy groups -OCH3 is 2. The number of aryl methyl sites for hydroxylation is 1. The standard InChI is InChI=1S/C53H64N4O15S/c1-25-17-28-18-30-31(21-54)57-32-22-64-46(58)53(29-20-33(62-13)34(19-27(29)15-16-55-53)67-47(59)70-50(3,4)5)23-73-45(37-36(32)43-42(65-24-66-43)26(2)41(37)68-48(60)71-51(6,7)8)39(57)38(56(30)12)35(28)44(40(25)63-14)69-49(61)72-52(9,10)11/h17,19-20,30-32,38-39,45,55H,15-16,18,22-24H2,1-14H3/t30-,31-,32-,38+,39?,45+,53+/m0/s1. The van der Waals surface area contributed by atoms with E-state index in [2.05, 4.69) is 21.2 Å². The quantitative estimate of drug-likeness (QED) is 0.144. The molecule has 0 aromatic heterocycles. The third-order valence-electron chi connectivity index (χ3n) is 13.9. The lowest BCUT2D eigenvalue weighted by molar-refractivity contribution is -0.157. The first kappa shape index (κ1) is 51.7. The Labute approximate surface area is 429 Å². The average Bonchev–Trinajstić information content (AvgIpc) is 3.77. The van der Waals surface area contributed by atoms with Gasteiger partial charge in [0.1, 0.15) is 35.2 Å². The first-order chi connectivity index (χ1) is 34.3. The fourth-order valence-corrected chi connectivity index (χ4v) is 12.9. The molecule has 3 aromatic carbocycles. The number of thioether (sulfide) groups is 1. The van der Waals surface area contributed by atoms with E-state index in [0.717, 1.165) is 5.56 Å². The molecular formula is C53H64N4O15S. The first-order valence-electron chi connectivity index (χ1n) is 24.3. The summed E-state index contributed by atoms with van der Waals surface area (Å²) in [4.78, 5) is 60.4.